The highest BCUT2D eigenvalue weighted by atomic mass is 16.5. The maximum Gasteiger partial charge on any atom is 0.324 e. The zero-order chi connectivity index (χ0) is 21.3. The Morgan fingerprint density at radius 1 is 0.933 bits per heavy atom. The third kappa shape index (κ3) is 6.00. The van der Waals surface area contributed by atoms with Crippen LogP contribution >= 0.6 is 0 Å². The summed E-state index contributed by atoms with van der Waals surface area (Å²) >= 11 is 0. The second kappa shape index (κ2) is 10.3. The standard InChI is InChI=1S/C22H24N4O4/c27-20(24-30)11-10-17-6-8-18(9-7-17)16-25-12-14-26(15-13-25)22(29)23-21(28)19-4-2-1-3-5-19/h1-11,30H,12-16H2,(H,24,27)(H,23,28,29)/b11-10+. The number of rotatable bonds is 5. The third-order valence-electron chi connectivity index (χ3n) is 4.84. The van der Waals surface area contributed by atoms with Gasteiger partial charge in [0.15, 0.2) is 0 Å². The smallest absolute Gasteiger partial charge is 0.322 e. The average Bonchev–Trinajstić information content (AvgIpc) is 2.79. The first-order chi connectivity index (χ1) is 14.5. The van der Waals surface area contributed by atoms with Crippen molar-refractivity contribution in [3.05, 3.63) is 77.4 Å². The van der Waals surface area contributed by atoms with Gasteiger partial charge in [0.05, 0.1) is 0 Å². The lowest BCUT2D eigenvalue weighted by Gasteiger charge is -2.34. The van der Waals surface area contributed by atoms with Crippen LogP contribution in [0.4, 0.5) is 4.79 Å². The maximum atomic E-state index is 12.3. The molecule has 2 aromatic rings. The van der Waals surface area contributed by atoms with Gasteiger partial charge in [0, 0.05) is 44.4 Å². The van der Waals surface area contributed by atoms with E-state index in [1.165, 1.54) is 6.08 Å². The van der Waals surface area contributed by atoms with Crippen molar-refractivity contribution in [2.45, 2.75) is 6.54 Å². The molecule has 0 aromatic heterocycles. The molecule has 0 radical (unpaired) electrons. The van der Waals surface area contributed by atoms with Gasteiger partial charge in [-0.05, 0) is 29.3 Å². The molecule has 0 unspecified atom stereocenters. The number of amides is 4. The van der Waals surface area contributed by atoms with Crippen molar-refractivity contribution >= 4 is 23.9 Å². The number of imide groups is 1. The number of carbonyl (C=O) groups is 3. The summed E-state index contributed by atoms with van der Waals surface area (Å²) in [6.07, 6.45) is 2.87. The van der Waals surface area contributed by atoms with Gasteiger partial charge in [0.25, 0.3) is 11.8 Å². The van der Waals surface area contributed by atoms with Crippen LogP contribution in [0.3, 0.4) is 0 Å². The fourth-order valence-corrected chi connectivity index (χ4v) is 3.15. The number of nitrogens with zero attached hydrogens (tertiary/aromatic N) is 2. The van der Waals surface area contributed by atoms with Crippen molar-refractivity contribution in [2.24, 2.45) is 0 Å². The zero-order valence-electron chi connectivity index (χ0n) is 16.5. The van der Waals surface area contributed by atoms with Gasteiger partial charge in [-0.1, -0.05) is 42.5 Å². The maximum absolute atomic E-state index is 12.3. The molecule has 1 aliphatic rings. The van der Waals surface area contributed by atoms with Gasteiger partial charge in [0.1, 0.15) is 0 Å². The van der Waals surface area contributed by atoms with Gasteiger partial charge < -0.3 is 4.90 Å². The summed E-state index contributed by atoms with van der Waals surface area (Å²) in [5.74, 6) is -0.972. The summed E-state index contributed by atoms with van der Waals surface area (Å²) in [5, 5.41) is 10.9. The van der Waals surface area contributed by atoms with Crippen LogP contribution in [0.2, 0.25) is 0 Å². The van der Waals surface area contributed by atoms with E-state index in [2.05, 4.69) is 10.2 Å². The molecule has 4 amide bonds. The fraction of sp³-hybridized carbons (Fsp3) is 0.227. The molecule has 0 aliphatic carbocycles. The van der Waals surface area contributed by atoms with Crippen molar-refractivity contribution < 1.29 is 19.6 Å². The van der Waals surface area contributed by atoms with E-state index in [9.17, 15) is 14.4 Å². The normalized spacial score (nSPS) is 14.5. The van der Waals surface area contributed by atoms with Gasteiger partial charge in [0.2, 0.25) is 0 Å². The molecule has 30 heavy (non-hydrogen) atoms. The van der Waals surface area contributed by atoms with E-state index in [0.717, 1.165) is 17.7 Å². The molecule has 0 spiro atoms. The molecule has 0 bridgehead atoms. The summed E-state index contributed by atoms with van der Waals surface area (Å²) in [6.45, 7) is 3.27. The number of benzene rings is 2. The van der Waals surface area contributed by atoms with Crippen LogP contribution < -0.4 is 10.8 Å². The van der Waals surface area contributed by atoms with Crippen LogP contribution in [0, 0.1) is 0 Å². The fourth-order valence-electron chi connectivity index (χ4n) is 3.15. The van der Waals surface area contributed by atoms with E-state index in [-0.39, 0.29) is 6.03 Å². The summed E-state index contributed by atoms with van der Waals surface area (Å²) in [4.78, 5) is 39.4. The van der Waals surface area contributed by atoms with Crippen LogP contribution in [0.25, 0.3) is 6.08 Å². The number of piperazine rings is 1. The summed E-state index contributed by atoms with van der Waals surface area (Å²) in [6, 6.07) is 16.1. The minimum atomic E-state index is -0.577. The molecule has 8 heteroatoms. The Morgan fingerprint density at radius 3 is 2.23 bits per heavy atom. The van der Waals surface area contributed by atoms with Crippen molar-refractivity contribution in [1.29, 1.82) is 0 Å². The Labute approximate surface area is 174 Å². The van der Waals surface area contributed by atoms with E-state index < -0.39 is 11.8 Å². The average molecular weight is 408 g/mol. The molecule has 3 rings (SSSR count). The second-order valence-electron chi connectivity index (χ2n) is 6.94. The van der Waals surface area contributed by atoms with Gasteiger partial charge in [-0.15, -0.1) is 0 Å². The summed E-state index contributed by atoms with van der Waals surface area (Å²) in [5.41, 5.74) is 3.98. The largest absolute Gasteiger partial charge is 0.324 e. The molecule has 156 valence electrons. The number of urea groups is 1. The SMILES string of the molecule is O=C(/C=C/c1ccc(CN2CCN(C(=O)NC(=O)c3ccccc3)CC2)cc1)NO. The van der Waals surface area contributed by atoms with Crippen molar-refractivity contribution in [3.8, 4) is 0 Å². The van der Waals surface area contributed by atoms with E-state index in [4.69, 9.17) is 5.21 Å². The third-order valence-corrected chi connectivity index (χ3v) is 4.84. The zero-order valence-corrected chi connectivity index (χ0v) is 16.5. The molecule has 0 atom stereocenters. The van der Waals surface area contributed by atoms with Gasteiger partial charge in [-0.3, -0.25) is 25.0 Å². The van der Waals surface area contributed by atoms with Crippen LogP contribution in [-0.2, 0) is 11.3 Å². The Morgan fingerprint density at radius 2 is 1.60 bits per heavy atom. The number of carbonyl (C=O) groups excluding carboxylic acids is 3. The van der Waals surface area contributed by atoms with E-state index in [0.29, 0.717) is 31.7 Å². The number of hydrogen-bond donors (Lipinski definition) is 3. The number of nitrogens with one attached hydrogen (secondary N) is 2. The molecular weight excluding hydrogens is 384 g/mol. The molecule has 1 heterocycles. The Balaban J connectivity index is 1.45. The van der Waals surface area contributed by atoms with Gasteiger partial charge in [-0.2, -0.15) is 0 Å². The minimum Gasteiger partial charge on any atom is -0.322 e. The van der Waals surface area contributed by atoms with E-state index in [1.54, 1.807) is 40.7 Å². The highest BCUT2D eigenvalue weighted by Gasteiger charge is 2.22. The predicted octanol–water partition coefficient (Wildman–Crippen LogP) is 1.87. The van der Waals surface area contributed by atoms with Crippen LogP contribution in [-0.4, -0.2) is 59.0 Å². The lowest BCUT2D eigenvalue weighted by Crippen LogP contribution is -2.52. The number of hydrogen-bond acceptors (Lipinski definition) is 5. The number of hydroxylamine groups is 1. The first-order valence-electron chi connectivity index (χ1n) is 9.64. The van der Waals surface area contributed by atoms with Crippen molar-refractivity contribution in [3.63, 3.8) is 0 Å². The predicted molar refractivity (Wildman–Crippen MR) is 112 cm³/mol. The van der Waals surface area contributed by atoms with Gasteiger partial charge in [-0.25, -0.2) is 10.3 Å². The van der Waals surface area contributed by atoms with E-state index >= 15 is 0 Å². The van der Waals surface area contributed by atoms with Crippen molar-refractivity contribution in [1.82, 2.24) is 20.6 Å². The Bertz CT molecular complexity index is 904. The Hall–Kier alpha value is -3.49. The Kier molecular flexibility index (Phi) is 7.31. The lowest BCUT2D eigenvalue weighted by molar-refractivity contribution is -0.124. The molecule has 2 aromatic carbocycles. The molecule has 1 saturated heterocycles. The molecule has 1 aliphatic heterocycles. The topological polar surface area (TPSA) is 102 Å². The lowest BCUT2D eigenvalue weighted by atomic mass is 10.1. The highest BCUT2D eigenvalue weighted by molar-refractivity contribution is 6.04. The summed E-state index contributed by atoms with van der Waals surface area (Å²) < 4.78 is 0. The van der Waals surface area contributed by atoms with Crippen LogP contribution in [0.5, 0.6) is 0 Å². The first kappa shape index (κ1) is 21.2. The minimum absolute atomic E-state index is 0.369. The van der Waals surface area contributed by atoms with E-state index in [1.807, 2.05) is 30.3 Å². The molecular formula is C22H24N4O4. The molecule has 8 nitrogen and oxygen atoms in total. The monoisotopic (exact) mass is 408 g/mol. The quantitative estimate of drug-likeness (QED) is 0.398. The second-order valence-corrected chi connectivity index (χ2v) is 6.94. The highest BCUT2D eigenvalue weighted by Crippen LogP contribution is 2.11. The van der Waals surface area contributed by atoms with Crippen LogP contribution in [0.1, 0.15) is 21.5 Å². The summed E-state index contributed by atoms with van der Waals surface area (Å²) in [7, 11) is 0. The molecule has 0 saturated carbocycles. The molecule has 1 fully saturated rings. The first-order valence-corrected chi connectivity index (χ1v) is 9.64. The van der Waals surface area contributed by atoms with Crippen LogP contribution in [0.15, 0.2) is 60.7 Å². The van der Waals surface area contributed by atoms with Crippen molar-refractivity contribution in [2.75, 3.05) is 26.2 Å². The molecule has 3 N–H and O–H groups in total. The van der Waals surface area contributed by atoms with Gasteiger partial charge >= 0.3 is 6.03 Å².